The Labute approximate surface area is 226 Å². The zero-order chi connectivity index (χ0) is 26.6. The molecule has 2 aromatic carbocycles. The number of rotatable bonds is 21. The highest BCUT2D eigenvalue weighted by Crippen LogP contribution is 2.28. The molecule has 0 aliphatic rings. The molecule has 0 aliphatic carbocycles. The number of unbranched alkanes of at least 4 members (excludes halogenated alkanes) is 12. The van der Waals surface area contributed by atoms with Crippen LogP contribution < -0.4 is 9.47 Å². The molecule has 4 heteroatoms. The van der Waals surface area contributed by atoms with Crippen LogP contribution in [-0.2, 0) is 4.74 Å². The van der Waals surface area contributed by atoms with Crippen LogP contribution in [0.2, 0.25) is 0 Å². The van der Waals surface area contributed by atoms with Crippen molar-refractivity contribution in [1.82, 2.24) is 0 Å². The van der Waals surface area contributed by atoms with Crippen LogP contribution in [-0.4, -0.2) is 19.2 Å². The van der Waals surface area contributed by atoms with Crippen LogP contribution in [0.4, 0.5) is 0 Å². The normalized spacial score (nSPS) is 11.9. The van der Waals surface area contributed by atoms with Gasteiger partial charge in [-0.15, -0.1) is 0 Å². The van der Waals surface area contributed by atoms with E-state index < -0.39 is 0 Å². The molecule has 0 amide bonds. The summed E-state index contributed by atoms with van der Waals surface area (Å²) >= 11 is 0. The van der Waals surface area contributed by atoms with Gasteiger partial charge in [-0.1, -0.05) is 115 Å². The smallest absolute Gasteiger partial charge is 0.343 e. The van der Waals surface area contributed by atoms with E-state index in [0.717, 1.165) is 25.0 Å². The maximum Gasteiger partial charge on any atom is 0.343 e. The fourth-order valence-electron chi connectivity index (χ4n) is 4.36. The Morgan fingerprint density at radius 3 is 1.78 bits per heavy atom. The lowest BCUT2D eigenvalue weighted by atomic mass is 10.1. The molecular formula is C33H50O4. The second-order valence-corrected chi connectivity index (χ2v) is 10.1. The third kappa shape index (κ3) is 13.2. The predicted molar refractivity (Wildman–Crippen MR) is 154 cm³/mol. The van der Waals surface area contributed by atoms with Gasteiger partial charge in [0, 0.05) is 6.61 Å². The van der Waals surface area contributed by atoms with Crippen molar-refractivity contribution in [3.05, 3.63) is 59.7 Å². The van der Waals surface area contributed by atoms with Gasteiger partial charge in [-0.05, 0) is 49.6 Å². The van der Waals surface area contributed by atoms with Crippen molar-refractivity contribution in [1.29, 1.82) is 0 Å². The molecule has 206 valence electrons. The van der Waals surface area contributed by atoms with Gasteiger partial charge in [0.25, 0.3) is 0 Å². The van der Waals surface area contributed by atoms with Gasteiger partial charge < -0.3 is 14.2 Å². The van der Waals surface area contributed by atoms with Gasteiger partial charge >= 0.3 is 5.97 Å². The lowest BCUT2D eigenvalue weighted by Crippen LogP contribution is -2.10. The first kappa shape index (κ1) is 30.9. The SMILES string of the molecule is CCCCCCCCCCCCOc1ccccc1OC(=O)c1ccc(C(C)OCCCCCC)cc1. The highest BCUT2D eigenvalue weighted by Gasteiger charge is 2.14. The Kier molecular flexibility index (Phi) is 16.5. The molecule has 2 aromatic rings. The van der Waals surface area contributed by atoms with Crippen molar-refractivity contribution >= 4 is 5.97 Å². The van der Waals surface area contributed by atoms with Crippen LogP contribution in [0.25, 0.3) is 0 Å². The molecule has 1 atom stereocenters. The van der Waals surface area contributed by atoms with Crippen LogP contribution in [0.5, 0.6) is 11.5 Å². The van der Waals surface area contributed by atoms with Gasteiger partial charge in [0.15, 0.2) is 11.5 Å². The summed E-state index contributed by atoms with van der Waals surface area (Å²) in [6.45, 7) is 7.92. The summed E-state index contributed by atoms with van der Waals surface area (Å²) in [4.78, 5) is 12.8. The van der Waals surface area contributed by atoms with Gasteiger partial charge in [-0.25, -0.2) is 4.79 Å². The molecule has 4 nitrogen and oxygen atoms in total. The standard InChI is InChI=1S/C33H50O4/c1-4-6-8-10-11-12-13-14-15-19-27-36-31-20-16-17-21-32(31)37-33(34)30-24-22-29(23-25-30)28(3)35-26-18-9-7-5-2/h16-17,20-25,28H,4-15,18-19,26-27H2,1-3H3. The van der Waals surface area contributed by atoms with Crippen molar-refractivity contribution in [3.8, 4) is 11.5 Å². The van der Waals surface area contributed by atoms with Gasteiger partial charge in [-0.2, -0.15) is 0 Å². The number of benzene rings is 2. The minimum absolute atomic E-state index is 0.00613. The van der Waals surface area contributed by atoms with Gasteiger partial charge in [0.2, 0.25) is 0 Å². The van der Waals surface area contributed by atoms with Crippen LogP contribution in [0.1, 0.15) is 133 Å². The van der Waals surface area contributed by atoms with Gasteiger partial charge in [0.05, 0.1) is 18.3 Å². The Morgan fingerprint density at radius 1 is 0.649 bits per heavy atom. The zero-order valence-electron chi connectivity index (χ0n) is 23.6. The summed E-state index contributed by atoms with van der Waals surface area (Å²) < 4.78 is 17.6. The summed E-state index contributed by atoms with van der Waals surface area (Å²) in [5.74, 6) is 0.704. The maximum absolute atomic E-state index is 12.8. The second kappa shape index (κ2) is 19.7. The van der Waals surface area contributed by atoms with Crippen molar-refractivity contribution in [2.24, 2.45) is 0 Å². The van der Waals surface area contributed by atoms with Crippen LogP contribution in [0.15, 0.2) is 48.5 Å². The Morgan fingerprint density at radius 2 is 1.16 bits per heavy atom. The molecule has 1 unspecified atom stereocenters. The molecule has 0 N–H and O–H groups in total. The number of para-hydroxylation sites is 2. The molecular weight excluding hydrogens is 460 g/mol. The van der Waals surface area contributed by atoms with E-state index in [2.05, 4.69) is 20.8 Å². The van der Waals surface area contributed by atoms with E-state index in [1.165, 1.54) is 77.0 Å². The monoisotopic (exact) mass is 510 g/mol. The van der Waals surface area contributed by atoms with Crippen molar-refractivity contribution in [2.45, 2.75) is 117 Å². The quantitative estimate of drug-likeness (QED) is 0.0952. The van der Waals surface area contributed by atoms with E-state index in [-0.39, 0.29) is 12.1 Å². The van der Waals surface area contributed by atoms with Crippen LogP contribution in [0, 0.1) is 0 Å². The number of esters is 1. The third-order valence-electron chi connectivity index (χ3n) is 6.79. The molecule has 0 saturated heterocycles. The Hall–Kier alpha value is -2.33. The number of carbonyl (C=O) groups is 1. The average molecular weight is 511 g/mol. The van der Waals surface area contributed by atoms with E-state index in [9.17, 15) is 4.79 Å². The van der Waals surface area contributed by atoms with Crippen LogP contribution >= 0.6 is 0 Å². The number of carbonyl (C=O) groups excluding carboxylic acids is 1. The second-order valence-electron chi connectivity index (χ2n) is 10.1. The van der Waals surface area contributed by atoms with E-state index >= 15 is 0 Å². The van der Waals surface area contributed by atoms with Gasteiger partial charge in [-0.3, -0.25) is 0 Å². The third-order valence-corrected chi connectivity index (χ3v) is 6.79. The molecule has 0 bridgehead atoms. The highest BCUT2D eigenvalue weighted by atomic mass is 16.6. The van der Waals surface area contributed by atoms with Gasteiger partial charge in [0.1, 0.15) is 0 Å². The summed E-state index contributed by atoms with van der Waals surface area (Å²) in [5, 5.41) is 0. The molecule has 0 spiro atoms. The molecule has 0 aliphatic heterocycles. The minimum atomic E-state index is -0.380. The van der Waals surface area contributed by atoms with Crippen molar-refractivity contribution in [2.75, 3.05) is 13.2 Å². The molecule has 0 fully saturated rings. The summed E-state index contributed by atoms with van der Waals surface area (Å²) in [6, 6.07) is 14.9. The fourth-order valence-corrected chi connectivity index (χ4v) is 4.36. The largest absolute Gasteiger partial charge is 0.490 e. The van der Waals surface area contributed by atoms with Crippen molar-refractivity contribution < 1.29 is 19.0 Å². The summed E-state index contributed by atoms with van der Waals surface area (Å²) in [6.07, 6.45) is 17.7. The topological polar surface area (TPSA) is 44.8 Å². The minimum Gasteiger partial charge on any atom is -0.490 e. The summed E-state index contributed by atoms with van der Waals surface area (Å²) in [7, 11) is 0. The number of ether oxygens (including phenoxy) is 3. The van der Waals surface area contributed by atoms with E-state index in [1.807, 2.05) is 42.5 Å². The molecule has 0 radical (unpaired) electrons. The molecule has 37 heavy (non-hydrogen) atoms. The lowest BCUT2D eigenvalue weighted by molar-refractivity contribution is 0.0626. The highest BCUT2D eigenvalue weighted by molar-refractivity contribution is 5.91. The molecule has 0 heterocycles. The van der Waals surface area contributed by atoms with E-state index in [0.29, 0.717) is 23.7 Å². The Bertz CT molecular complexity index is 846. The first-order valence-electron chi connectivity index (χ1n) is 14.8. The molecule has 2 rings (SSSR count). The predicted octanol–water partition coefficient (Wildman–Crippen LogP) is 9.86. The van der Waals surface area contributed by atoms with E-state index in [4.69, 9.17) is 14.2 Å². The molecule has 0 saturated carbocycles. The first-order valence-corrected chi connectivity index (χ1v) is 14.8. The Balaban J connectivity index is 1.71. The fraction of sp³-hybridized carbons (Fsp3) is 0.606. The van der Waals surface area contributed by atoms with E-state index in [1.54, 1.807) is 6.07 Å². The number of hydrogen-bond acceptors (Lipinski definition) is 4. The first-order chi connectivity index (χ1) is 18.2. The lowest BCUT2D eigenvalue weighted by Gasteiger charge is -2.14. The summed E-state index contributed by atoms with van der Waals surface area (Å²) in [5.41, 5.74) is 1.58. The zero-order valence-corrected chi connectivity index (χ0v) is 23.6. The number of hydrogen-bond donors (Lipinski definition) is 0. The van der Waals surface area contributed by atoms with Crippen molar-refractivity contribution in [3.63, 3.8) is 0 Å². The average Bonchev–Trinajstić information content (AvgIpc) is 2.92. The maximum atomic E-state index is 12.8. The molecule has 0 aromatic heterocycles. The van der Waals surface area contributed by atoms with Crippen LogP contribution in [0.3, 0.4) is 0 Å².